The molecule has 0 aliphatic rings. The summed E-state index contributed by atoms with van der Waals surface area (Å²) >= 11 is 1.24. The van der Waals surface area contributed by atoms with Gasteiger partial charge >= 0.3 is 0 Å². The third-order valence-corrected chi connectivity index (χ3v) is 5.71. The van der Waals surface area contributed by atoms with Crippen molar-refractivity contribution in [3.8, 4) is 0 Å². The van der Waals surface area contributed by atoms with Crippen molar-refractivity contribution >= 4 is 38.9 Å². The quantitative estimate of drug-likeness (QED) is 0.654. The van der Waals surface area contributed by atoms with Gasteiger partial charge in [-0.3, -0.25) is 19.0 Å². The molecule has 146 valence electrons. The van der Waals surface area contributed by atoms with Crippen LogP contribution < -0.4 is 10.9 Å². The Hall–Kier alpha value is -2.80. The molecule has 0 unspecified atom stereocenters. The van der Waals surface area contributed by atoms with Crippen molar-refractivity contribution in [1.82, 2.24) is 9.55 Å². The first-order chi connectivity index (χ1) is 13.4. The number of amides is 1. The van der Waals surface area contributed by atoms with E-state index < -0.39 is 0 Å². The molecule has 0 aliphatic heterocycles. The summed E-state index contributed by atoms with van der Waals surface area (Å²) < 4.78 is 1.59. The van der Waals surface area contributed by atoms with Crippen LogP contribution in [0.1, 0.15) is 47.7 Å². The summed E-state index contributed by atoms with van der Waals surface area (Å²) in [5, 5.41) is 3.33. The van der Waals surface area contributed by atoms with Crippen molar-refractivity contribution in [3.63, 3.8) is 0 Å². The van der Waals surface area contributed by atoms with Crippen molar-refractivity contribution in [3.05, 3.63) is 57.0 Å². The van der Waals surface area contributed by atoms with Gasteiger partial charge in [0.1, 0.15) is 16.4 Å². The molecule has 0 fully saturated rings. The van der Waals surface area contributed by atoms with Crippen molar-refractivity contribution in [2.45, 2.75) is 46.6 Å². The first-order valence-corrected chi connectivity index (χ1v) is 10.1. The Morgan fingerprint density at radius 2 is 1.93 bits per heavy atom. The third-order valence-electron chi connectivity index (χ3n) is 4.53. The number of aromatic nitrogens is 2. The number of anilines is 1. The van der Waals surface area contributed by atoms with Crippen LogP contribution in [0.25, 0.3) is 10.2 Å². The van der Waals surface area contributed by atoms with E-state index in [4.69, 9.17) is 0 Å². The second kappa shape index (κ2) is 8.48. The number of ketones is 1. The van der Waals surface area contributed by atoms with E-state index in [2.05, 4.69) is 10.3 Å². The molecule has 0 saturated heterocycles. The number of benzene rings is 1. The van der Waals surface area contributed by atoms with Gasteiger partial charge in [0, 0.05) is 25.1 Å². The SMILES string of the molecule is CCCc1nc2sc(C(=O)Nc3ccccc3)c(C)c2c(=O)n1CCC(C)=O. The number of carbonyl (C=O) groups is 2. The first-order valence-electron chi connectivity index (χ1n) is 9.31. The maximum atomic E-state index is 13.1. The highest BCUT2D eigenvalue weighted by atomic mass is 32.1. The van der Waals surface area contributed by atoms with E-state index >= 15 is 0 Å². The summed E-state index contributed by atoms with van der Waals surface area (Å²) in [5.74, 6) is 0.440. The number of hydrogen-bond donors (Lipinski definition) is 1. The summed E-state index contributed by atoms with van der Waals surface area (Å²) in [6.45, 7) is 5.62. The molecule has 3 aromatic rings. The Morgan fingerprint density at radius 1 is 1.21 bits per heavy atom. The Bertz CT molecular complexity index is 1080. The molecule has 0 aliphatic carbocycles. The molecule has 28 heavy (non-hydrogen) atoms. The van der Waals surface area contributed by atoms with Gasteiger partial charge in [-0.05, 0) is 38.0 Å². The summed E-state index contributed by atoms with van der Waals surface area (Å²) in [6, 6.07) is 9.20. The molecule has 1 N–H and O–H groups in total. The topological polar surface area (TPSA) is 81.1 Å². The number of para-hydroxylation sites is 1. The third kappa shape index (κ3) is 4.04. The van der Waals surface area contributed by atoms with Crippen LogP contribution in [0.15, 0.2) is 35.1 Å². The first kappa shape index (κ1) is 19.9. The minimum atomic E-state index is -0.251. The van der Waals surface area contributed by atoms with Crippen molar-refractivity contribution < 1.29 is 9.59 Å². The Kier molecular flexibility index (Phi) is 6.04. The van der Waals surface area contributed by atoms with Gasteiger partial charge in [0.05, 0.1) is 10.3 Å². The molecule has 0 atom stereocenters. The van der Waals surface area contributed by atoms with Gasteiger partial charge in [-0.15, -0.1) is 11.3 Å². The van der Waals surface area contributed by atoms with Crippen molar-refractivity contribution in [2.75, 3.05) is 5.32 Å². The summed E-state index contributed by atoms with van der Waals surface area (Å²) in [6.07, 6.45) is 1.77. The number of nitrogens with one attached hydrogen (secondary N) is 1. The largest absolute Gasteiger partial charge is 0.321 e. The normalized spacial score (nSPS) is 11.0. The van der Waals surface area contributed by atoms with Gasteiger partial charge in [0.2, 0.25) is 0 Å². The average Bonchev–Trinajstić information content (AvgIpc) is 2.99. The lowest BCUT2D eigenvalue weighted by atomic mass is 10.2. The van der Waals surface area contributed by atoms with Gasteiger partial charge in [0.25, 0.3) is 11.5 Å². The molecule has 6 nitrogen and oxygen atoms in total. The summed E-state index contributed by atoms with van der Waals surface area (Å²) in [7, 11) is 0. The number of fused-ring (bicyclic) bond motifs is 1. The fourth-order valence-corrected chi connectivity index (χ4v) is 4.18. The van der Waals surface area contributed by atoms with Gasteiger partial charge in [0.15, 0.2) is 0 Å². The molecule has 0 saturated carbocycles. The number of aryl methyl sites for hydroxylation is 2. The molecule has 7 heteroatoms. The molecular weight excluding hydrogens is 374 g/mol. The second-order valence-corrected chi connectivity index (χ2v) is 7.74. The number of thiophene rings is 1. The highest BCUT2D eigenvalue weighted by molar-refractivity contribution is 7.20. The minimum Gasteiger partial charge on any atom is -0.321 e. The van der Waals surface area contributed by atoms with Gasteiger partial charge < -0.3 is 5.32 Å². The molecule has 0 radical (unpaired) electrons. The van der Waals surface area contributed by atoms with E-state index in [-0.39, 0.29) is 23.7 Å². The maximum absolute atomic E-state index is 13.1. The van der Waals surface area contributed by atoms with Crippen LogP contribution in [0, 0.1) is 6.92 Å². The molecule has 0 bridgehead atoms. The van der Waals surface area contributed by atoms with E-state index in [1.807, 2.05) is 37.3 Å². The zero-order valence-corrected chi connectivity index (χ0v) is 17.1. The Balaban J connectivity index is 2.06. The lowest BCUT2D eigenvalue weighted by Crippen LogP contribution is -2.26. The molecule has 3 rings (SSSR count). The molecule has 2 heterocycles. The van der Waals surface area contributed by atoms with Crippen LogP contribution in [0.5, 0.6) is 0 Å². The highest BCUT2D eigenvalue weighted by Gasteiger charge is 2.21. The summed E-state index contributed by atoms with van der Waals surface area (Å²) in [5.41, 5.74) is 1.15. The van der Waals surface area contributed by atoms with E-state index in [0.717, 1.165) is 6.42 Å². The molecule has 1 aromatic carbocycles. The van der Waals surface area contributed by atoms with Crippen LogP contribution in [0.4, 0.5) is 5.69 Å². The number of hydrogen-bond acceptors (Lipinski definition) is 5. The number of rotatable bonds is 7. The Morgan fingerprint density at radius 3 is 2.57 bits per heavy atom. The van der Waals surface area contributed by atoms with Gasteiger partial charge in [-0.25, -0.2) is 4.98 Å². The predicted molar refractivity (Wildman–Crippen MR) is 112 cm³/mol. The molecule has 0 spiro atoms. The monoisotopic (exact) mass is 397 g/mol. The van der Waals surface area contributed by atoms with E-state index in [9.17, 15) is 14.4 Å². The summed E-state index contributed by atoms with van der Waals surface area (Å²) in [4.78, 5) is 43.0. The number of nitrogens with zero attached hydrogens (tertiary/aromatic N) is 2. The average molecular weight is 398 g/mol. The second-order valence-electron chi connectivity index (χ2n) is 6.74. The van der Waals surface area contributed by atoms with Crippen LogP contribution in [0.3, 0.4) is 0 Å². The van der Waals surface area contributed by atoms with Crippen LogP contribution >= 0.6 is 11.3 Å². The molecule has 2 aromatic heterocycles. The number of Topliss-reactive ketones (excluding diaryl/α,β-unsaturated/α-hetero) is 1. The highest BCUT2D eigenvalue weighted by Crippen LogP contribution is 2.28. The number of carbonyl (C=O) groups excluding carboxylic acids is 2. The standard InChI is InChI=1S/C21H23N3O3S/c1-4-8-16-23-20-17(21(27)24(16)12-11-13(2)25)14(3)18(28-20)19(26)22-15-9-6-5-7-10-15/h5-7,9-10H,4,8,11-12H2,1-3H3,(H,22,26). The predicted octanol–water partition coefficient (Wildman–Crippen LogP) is 3.95. The van der Waals surface area contributed by atoms with E-state index in [1.54, 1.807) is 11.5 Å². The minimum absolute atomic E-state index is 0.0272. The Labute approximate surface area is 167 Å². The lowest BCUT2D eigenvalue weighted by Gasteiger charge is -2.11. The fourth-order valence-electron chi connectivity index (χ4n) is 3.10. The van der Waals surface area contributed by atoms with E-state index in [0.29, 0.717) is 45.1 Å². The zero-order valence-electron chi connectivity index (χ0n) is 16.2. The zero-order chi connectivity index (χ0) is 20.3. The molecule has 1 amide bonds. The van der Waals surface area contributed by atoms with E-state index in [1.165, 1.54) is 18.3 Å². The fraction of sp³-hybridized carbons (Fsp3) is 0.333. The van der Waals surface area contributed by atoms with Crippen LogP contribution in [-0.4, -0.2) is 21.2 Å². The van der Waals surface area contributed by atoms with Crippen molar-refractivity contribution in [1.29, 1.82) is 0 Å². The van der Waals surface area contributed by atoms with Gasteiger partial charge in [-0.1, -0.05) is 25.1 Å². The van der Waals surface area contributed by atoms with Gasteiger partial charge in [-0.2, -0.15) is 0 Å². The smallest absolute Gasteiger partial charge is 0.266 e. The van der Waals surface area contributed by atoms with Crippen molar-refractivity contribution in [2.24, 2.45) is 0 Å². The van der Waals surface area contributed by atoms with Crippen LogP contribution in [-0.2, 0) is 17.8 Å². The maximum Gasteiger partial charge on any atom is 0.266 e. The van der Waals surface area contributed by atoms with Crippen LogP contribution in [0.2, 0.25) is 0 Å². The lowest BCUT2D eigenvalue weighted by molar-refractivity contribution is -0.117. The molecular formula is C21H23N3O3S.